The van der Waals surface area contributed by atoms with E-state index in [1.165, 1.54) is 96.3 Å². The summed E-state index contributed by atoms with van der Waals surface area (Å²) < 4.78 is 5.65. The van der Waals surface area contributed by atoms with Crippen LogP contribution in [0.2, 0.25) is 0 Å². The molecule has 0 bridgehead atoms. The highest BCUT2D eigenvalue weighted by atomic mass is 16.5. The second-order valence-corrected chi connectivity index (χ2v) is 7.33. The van der Waals surface area contributed by atoms with Crippen LogP contribution in [0.1, 0.15) is 96.3 Å². The first kappa shape index (κ1) is 17.3. The van der Waals surface area contributed by atoms with Crippen LogP contribution in [-0.2, 0) is 4.74 Å². The van der Waals surface area contributed by atoms with Gasteiger partial charge in [-0.05, 0) is 38.5 Å². The van der Waals surface area contributed by atoms with Gasteiger partial charge in [0.05, 0.1) is 6.10 Å². The fourth-order valence-electron chi connectivity index (χ4n) is 4.15. The molecule has 124 valence electrons. The summed E-state index contributed by atoms with van der Waals surface area (Å²) in [6, 6.07) is 1.53. The minimum absolute atomic E-state index is 0.507. The summed E-state index contributed by atoms with van der Waals surface area (Å²) in [4.78, 5) is 0. The third kappa shape index (κ3) is 7.15. The largest absolute Gasteiger partial charge is 0.381 e. The Hall–Kier alpha value is -0.0800. The molecule has 21 heavy (non-hydrogen) atoms. The molecule has 0 amide bonds. The quantitative estimate of drug-likeness (QED) is 0.772. The van der Waals surface area contributed by atoms with Crippen molar-refractivity contribution < 1.29 is 4.74 Å². The molecule has 1 N–H and O–H groups in total. The second kappa shape index (κ2) is 10.6. The molecule has 0 heterocycles. The molecule has 2 atom stereocenters. The van der Waals surface area contributed by atoms with Crippen LogP contribution in [0, 0.1) is 0 Å². The molecule has 2 nitrogen and oxygen atoms in total. The monoisotopic (exact) mass is 295 g/mol. The Kier molecular flexibility index (Phi) is 8.73. The van der Waals surface area contributed by atoms with Crippen molar-refractivity contribution in [1.29, 1.82) is 0 Å². The van der Waals surface area contributed by atoms with Gasteiger partial charge in [0.25, 0.3) is 0 Å². The van der Waals surface area contributed by atoms with E-state index >= 15 is 0 Å². The van der Waals surface area contributed by atoms with Crippen LogP contribution in [0.3, 0.4) is 0 Å². The van der Waals surface area contributed by atoms with Crippen molar-refractivity contribution >= 4 is 0 Å². The summed E-state index contributed by atoms with van der Waals surface area (Å²) >= 11 is 0. The van der Waals surface area contributed by atoms with Crippen molar-refractivity contribution in [2.24, 2.45) is 0 Å². The average Bonchev–Trinajstić information content (AvgIpc) is 2.69. The lowest BCUT2D eigenvalue weighted by molar-refractivity contribution is 0.0827. The van der Waals surface area contributed by atoms with Gasteiger partial charge in [-0.3, -0.25) is 0 Å². The predicted molar refractivity (Wildman–Crippen MR) is 90.8 cm³/mol. The number of methoxy groups -OCH3 is 1. The molecule has 0 aromatic rings. The molecular formula is C19H37NO. The highest BCUT2D eigenvalue weighted by molar-refractivity contribution is 4.78. The van der Waals surface area contributed by atoms with E-state index in [9.17, 15) is 0 Å². The van der Waals surface area contributed by atoms with E-state index < -0.39 is 0 Å². The molecule has 2 unspecified atom stereocenters. The minimum atomic E-state index is 0.507. The summed E-state index contributed by atoms with van der Waals surface area (Å²) in [5.74, 6) is 0. The maximum Gasteiger partial charge on any atom is 0.0572 e. The molecule has 2 fully saturated rings. The highest BCUT2D eigenvalue weighted by Crippen LogP contribution is 2.22. The maximum absolute atomic E-state index is 5.65. The fraction of sp³-hybridized carbons (Fsp3) is 1.00. The first-order chi connectivity index (χ1) is 10.4. The van der Waals surface area contributed by atoms with Crippen molar-refractivity contribution in [3.05, 3.63) is 0 Å². The van der Waals surface area contributed by atoms with Crippen LogP contribution >= 0.6 is 0 Å². The standard InChI is InChI=1S/C19H37NO/c1-21-19-14-10-6-9-13-18(15-16-19)20-17-11-7-4-2-3-5-8-12-17/h17-20H,2-16H2,1H3. The van der Waals surface area contributed by atoms with Crippen molar-refractivity contribution in [3.8, 4) is 0 Å². The molecule has 0 radical (unpaired) electrons. The molecule has 0 aromatic carbocycles. The molecule has 2 heteroatoms. The number of hydrogen-bond donors (Lipinski definition) is 1. The van der Waals surface area contributed by atoms with Crippen LogP contribution in [0.15, 0.2) is 0 Å². The molecule has 0 aromatic heterocycles. The van der Waals surface area contributed by atoms with Gasteiger partial charge in [-0.1, -0.05) is 57.8 Å². The first-order valence-corrected chi connectivity index (χ1v) is 9.67. The molecule has 0 aliphatic heterocycles. The molecule has 2 aliphatic rings. The Balaban J connectivity index is 1.79. The van der Waals surface area contributed by atoms with Crippen molar-refractivity contribution in [1.82, 2.24) is 5.32 Å². The molecular weight excluding hydrogens is 258 g/mol. The zero-order valence-corrected chi connectivity index (χ0v) is 14.2. The van der Waals surface area contributed by atoms with Gasteiger partial charge in [0.2, 0.25) is 0 Å². The van der Waals surface area contributed by atoms with Crippen molar-refractivity contribution in [2.75, 3.05) is 7.11 Å². The molecule has 2 aliphatic carbocycles. The normalized spacial score (nSPS) is 31.3. The highest BCUT2D eigenvalue weighted by Gasteiger charge is 2.19. The second-order valence-electron chi connectivity index (χ2n) is 7.33. The van der Waals surface area contributed by atoms with Crippen molar-refractivity contribution in [2.45, 2.75) is 114 Å². The predicted octanol–water partition coefficient (Wildman–Crippen LogP) is 5.21. The van der Waals surface area contributed by atoms with Gasteiger partial charge in [0.15, 0.2) is 0 Å². The van der Waals surface area contributed by atoms with E-state index in [2.05, 4.69) is 5.32 Å². The van der Waals surface area contributed by atoms with Gasteiger partial charge in [-0.25, -0.2) is 0 Å². The molecule has 0 spiro atoms. The summed E-state index contributed by atoms with van der Waals surface area (Å²) in [6.45, 7) is 0. The van der Waals surface area contributed by atoms with Crippen LogP contribution in [0.5, 0.6) is 0 Å². The molecule has 2 rings (SSSR count). The van der Waals surface area contributed by atoms with E-state index in [1.807, 2.05) is 7.11 Å². The Morgan fingerprint density at radius 3 is 1.67 bits per heavy atom. The van der Waals surface area contributed by atoms with Crippen molar-refractivity contribution in [3.63, 3.8) is 0 Å². The van der Waals surface area contributed by atoms with E-state index in [0.29, 0.717) is 6.10 Å². The van der Waals surface area contributed by atoms with E-state index in [4.69, 9.17) is 4.74 Å². The lowest BCUT2D eigenvalue weighted by atomic mass is 9.99. The first-order valence-electron chi connectivity index (χ1n) is 9.67. The lowest BCUT2D eigenvalue weighted by Gasteiger charge is -2.26. The number of rotatable bonds is 3. The Labute approximate surface area is 132 Å². The smallest absolute Gasteiger partial charge is 0.0572 e. The van der Waals surface area contributed by atoms with Gasteiger partial charge < -0.3 is 10.1 Å². The fourth-order valence-corrected chi connectivity index (χ4v) is 4.15. The Morgan fingerprint density at radius 1 is 0.571 bits per heavy atom. The maximum atomic E-state index is 5.65. The van der Waals surface area contributed by atoms with E-state index in [1.54, 1.807) is 0 Å². The summed E-state index contributed by atoms with van der Waals surface area (Å²) in [5, 5.41) is 4.04. The van der Waals surface area contributed by atoms with Gasteiger partial charge >= 0.3 is 0 Å². The van der Waals surface area contributed by atoms with Gasteiger partial charge in [0, 0.05) is 19.2 Å². The topological polar surface area (TPSA) is 21.3 Å². The third-order valence-corrected chi connectivity index (χ3v) is 5.58. The molecule has 2 saturated carbocycles. The van der Waals surface area contributed by atoms with Crippen LogP contribution < -0.4 is 5.32 Å². The van der Waals surface area contributed by atoms with Crippen LogP contribution in [0.4, 0.5) is 0 Å². The minimum Gasteiger partial charge on any atom is -0.381 e. The summed E-state index contributed by atoms with van der Waals surface area (Å²) in [6.07, 6.45) is 21.4. The van der Waals surface area contributed by atoms with E-state index in [0.717, 1.165) is 12.1 Å². The van der Waals surface area contributed by atoms with Gasteiger partial charge in [-0.15, -0.1) is 0 Å². The number of nitrogens with one attached hydrogen (secondary N) is 1. The van der Waals surface area contributed by atoms with E-state index in [-0.39, 0.29) is 0 Å². The summed E-state index contributed by atoms with van der Waals surface area (Å²) in [5.41, 5.74) is 0. The number of ether oxygens (including phenoxy) is 1. The lowest BCUT2D eigenvalue weighted by Crippen LogP contribution is -2.38. The Morgan fingerprint density at radius 2 is 1.05 bits per heavy atom. The van der Waals surface area contributed by atoms with Crippen LogP contribution in [-0.4, -0.2) is 25.3 Å². The van der Waals surface area contributed by atoms with Crippen LogP contribution in [0.25, 0.3) is 0 Å². The number of hydrogen-bond acceptors (Lipinski definition) is 2. The van der Waals surface area contributed by atoms with Gasteiger partial charge in [-0.2, -0.15) is 0 Å². The summed E-state index contributed by atoms with van der Waals surface area (Å²) in [7, 11) is 1.89. The zero-order valence-electron chi connectivity index (χ0n) is 14.2. The SMILES string of the molecule is COC1CCCCCC(NC2CCCCCCCC2)CC1. The third-order valence-electron chi connectivity index (χ3n) is 5.58. The average molecular weight is 296 g/mol. The van der Waals surface area contributed by atoms with Gasteiger partial charge in [0.1, 0.15) is 0 Å². The molecule has 0 saturated heterocycles. The Bertz CT molecular complexity index is 246. The zero-order chi connectivity index (χ0) is 14.8.